The van der Waals surface area contributed by atoms with E-state index in [9.17, 15) is 22.4 Å². The molecule has 0 N–H and O–H groups in total. The molecule has 2 nitrogen and oxygen atoms in total. The molecule has 2 aromatic carbocycles. The number of benzene rings is 2. The van der Waals surface area contributed by atoms with Crippen molar-refractivity contribution >= 4 is 5.78 Å². The summed E-state index contributed by atoms with van der Waals surface area (Å²) in [4.78, 5) is 12.1. The fraction of sp³-hybridized carbons (Fsp3) is 0.133. The summed E-state index contributed by atoms with van der Waals surface area (Å²) in [5.41, 5.74) is -0.123. The van der Waals surface area contributed by atoms with Crippen molar-refractivity contribution in [3.63, 3.8) is 0 Å². The van der Waals surface area contributed by atoms with Crippen LogP contribution < -0.4 is 4.74 Å². The summed E-state index contributed by atoms with van der Waals surface area (Å²) in [6.45, 7) is 0. The minimum absolute atomic E-state index is 0.115. The number of carbonyl (C=O) groups excluding carboxylic acids is 1. The van der Waals surface area contributed by atoms with Crippen LogP contribution in [0.15, 0.2) is 48.5 Å². The Kier molecular flexibility index (Phi) is 4.26. The van der Waals surface area contributed by atoms with Crippen molar-refractivity contribution in [1.82, 2.24) is 0 Å². The molecule has 0 atom stereocenters. The molecule has 2 aromatic rings. The minimum Gasteiger partial charge on any atom is -0.405 e. The fourth-order valence-electron chi connectivity index (χ4n) is 1.82. The van der Waals surface area contributed by atoms with Gasteiger partial charge < -0.3 is 4.74 Å². The largest absolute Gasteiger partial charge is 0.573 e. The molecule has 0 saturated carbocycles. The van der Waals surface area contributed by atoms with E-state index in [2.05, 4.69) is 4.74 Å². The Morgan fingerprint density at radius 3 is 2.29 bits per heavy atom. The Morgan fingerprint density at radius 1 is 1.00 bits per heavy atom. The van der Waals surface area contributed by atoms with Crippen molar-refractivity contribution in [1.29, 1.82) is 0 Å². The molecule has 0 heterocycles. The predicted octanol–water partition coefficient (Wildman–Crippen LogP) is 4.15. The van der Waals surface area contributed by atoms with Gasteiger partial charge in [-0.25, -0.2) is 4.39 Å². The first-order chi connectivity index (χ1) is 9.87. The highest BCUT2D eigenvalue weighted by Gasteiger charge is 2.32. The van der Waals surface area contributed by atoms with Gasteiger partial charge in [-0.15, -0.1) is 13.2 Å². The highest BCUT2D eigenvalue weighted by atomic mass is 19.4. The lowest BCUT2D eigenvalue weighted by molar-refractivity contribution is -0.274. The second-order valence-corrected chi connectivity index (χ2v) is 4.24. The maximum absolute atomic E-state index is 13.5. The summed E-state index contributed by atoms with van der Waals surface area (Å²) in [5.74, 6) is -1.83. The van der Waals surface area contributed by atoms with Crippen molar-refractivity contribution in [3.8, 4) is 5.75 Å². The summed E-state index contributed by atoms with van der Waals surface area (Å²) >= 11 is 0. The van der Waals surface area contributed by atoms with Crippen molar-refractivity contribution < 1.29 is 27.1 Å². The van der Waals surface area contributed by atoms with Crippen LogP contribution >= 0.6 is 0 Å². The first-order valence-corrected chi connectivity index (χ1v) is 5.98. The molecule has 0 amide bonds. The van der Waals surface area contributed by atoms with Gasteiger partial charge in [0, 0.05) is 6.42 Å². The zero-order valence-corrected chi connectivity index (χ0v) is 10.7. The maximum Gasteiger partial charge on any atom is 0.573 e. The van der Waals surface area contributed by atoms with E-state index in [1.165, 1.54) is 36.4 Å². The van der Waals surface area contributed by atoms with E-state index in [0.29, 0.717) is 0 Å². The summed E-state index contributed by atoms with van der Waals surface area (Å²) in [7, 11) is 0. The summed E-state index contributed by atoms with van der Waals surface area (Å²) in [6, 6.07) is 10.6. The molecule has 0 unspecified atom stereocenters. The molecule has 0 radical (unpaired) electrons. The van der Waals surface area contributed by atoms with Crippen LogP contribution in [0.3, 0.4) is 0 Å². The molecule has 0 aliphatic heterocycles. The van der Waals surface area contributed by atoms with Crippen LogP contribution in [0.5, 0.6) is 5.75 Å². The third-order valence-corrected chi connectivity index (χ3v) is 2.72. The number of halogens is 4. The van der Waals surface area contributed by atoms with Gasteiger partial charge in [-0.2, -0.15) is 0 Å². The molecule has 21 heavy (non-hydrogen) atoms. The third kappa shape index (κ3) is 4.05. The van der Waals surface area contributed by atoms with Gasteiger partial charge in [-0.05, 0) is 23.8 Å². The molecule has 0 aromatic heterocycles. The van der Waals surface area contributed by atoms with Gasteiger partial charge in [0.05, 0.1) is 5.56 Å². The van der Waals surface area contributed by atoms with Gasteiger partial charge in [0.2, 0.25) is 0 Å². The average molecular weight is 298 g/mol. The molecule has 0 saturated heterocycles. The molecule has 0 aliphatic carbocycles. The van der Waals surface area contributed by atoms with E-state index in [4.69, 9.17) is 0 Å². The fourth-order valence-corrected chi connectivity index (χ4v) is 1.82. The van der Waals surface area contributed by atoms with Crippen molar-refractivity contribution in [3.05, 3.63) is 65.5 Å². The molecular formula is C15H10F4O2. The number of rotatable bonds is 4. The Balaban J connectivity index is 2.26. The van der Waals surface area contributed by atoms with Gasteiger partial charge in [0.1, 0.15) is 11.6 Å². The van der Waals surface area contributed by atoms with E-state index >= 15 is 0 Å². The van der Waals surface area contributed by atoms with Crippen LogP contribution in [-0.4, -0.2) is 12.1 Å². The number of hydrogen-bond acceptors (Lipinski definition) is 2. The lowest BCUT2D eigenvalue weighted by atomic mass is 10.0. The average Bonchev–Trinajstić information content (AvgIpc) is 2.40. The lowest BCUT2D eigenvalue weighted by Gasteiger charge is -2.12. The van der Waals surface area contributed by atoms with Gasteiger partial charge >= 0.3 is 6.36 Å². The number of para-hydroxylation sites is 1. The van der Waals surface area contributed by atoms with Crippen molar-refractivity contribution in [2.24, 2.45) is 0 Å². The normalized spacial score (nSPS) is 11.2. The zero-order chi connectivity index (χ0) is 15.5. The van der Waals surface area contributed by atoms with Crippen LogP contribution in [0.25, 0.3) is 0 Å². The topological polar surface area (TPSA) is 26.3 Å². The minimum atomic E-state index is -4.89. The predicted molar refractivity (Wildman–Crippen MR) is 67.6 cm³/mol. The van der Waals surface area contributed by atoms with E-state index in [-0.39, 0.29) is 17.5 Å². The quantitative estimate of drug-likeness (QED) is 0.626. The number of ketones is 1. The molecule has 0 fully saturated rings. The lowest BCUT2D eigenvalue weighted by Crippen LogP contribution is -2.19. The second kappa shape index (κ2) is 5.95. The number of ether oxygens (including phenoxy) is 1. The summed E-state index contributed by atoms with van der Waals surface area (Å²) < 4.78 is 54.1. The van der Waals surface area contributed by atoms with E-state index < -0.39 is 23.7 Å². The Morgan fingerprint density at radius 2 is 1.62 bits per heavy atom. The highest BCUT2D eigenvalue weighted by Crippen LogP contribution is 2.27. The van der Waals surface area contributed by atoms with Crippen LogP contribution in [0.2, 0.25) is 0 Å². The smallest absolute Gasteiger partial charge is 0.405 e. The van der Waals surface area contributed by atoms with E-state index in [1.54, 1.807) is 6.07 Å². The Labute approximate surface area is 118 Å². The number of hydrogen-bond donors (Lipinski definition) is 0. The van der Waals surface area contributed by atoms with Crippen molar-refractivity contribution in [2.75, 3.05) is 0 Å². The summed E-state index contributed by atoms with van der Waals surface area (Å²) in [5, 5.41) is 0. The molecule has 0 aliphatic rings. The standard InChI is InChI=1S/C15H10F4O2/c16-12-7-3-1-5-10(12)9-13(20)11-6-2-4-8-14(11)21-15(17,18)19/h1-8H,9H2. The molecule has 2 rings (SSSR count). The van der Waals surface area contributed by atoms with Gasteiger partial charge in [-0.1, -0.05) is 30.3 Å². The molecule has 0 spiro atoms. The van der Waals surface area contributed by atoms with Gasteiger partial charge in [-0.3, -0.25) is 4.79 Å². The molecular weight excluding hydrogens is 288 g/mol. The number of alkyl halides is 3. The maximum atomic E-state index is 13.5. The van der Waals surface area contributed by atoms with E-state index in [0.717, 1.165) is 6.07 Å². The molecule has 0 bridgehead atoms. The van der Waals surface area contributed by atoms with Crippen LogP contribution in [0.1, 0.15) is 15.9 Å². The zero-order valence-electron chi connectivity index (χ0n) is 10.7. The van der Waals surface area contributed by atoms with Gasteiger partial charge in [0.25, 0.3) is 0 Å². The van der Waals surface area contributed by atoms with E-state index in [1.807, 2.05) is 0 Å². The SMILES string of the molecule is O=C(Cc1ccccc1F)c1ccccc1OC(F)(F)F. The third-order valence-electron chi connectivity index (χ3n) is 2.72. The first kappa shape index (κ1) is 15.0. The number of carbonyl (C=O) groups is 1. The molecule has 6 heteroatoms. The Hall–Kier alpha value is -2.37. The van der Waals surface area contributed by atoms with Crippen molar-refractivity contribution in [2.45, 2.75) is 12.8 Å². The second-order valence-electron chi connectivity index (χ2n) is 4.24. The van der Waals surface area contributed by atoms with Crippen LogP contribution in [0.4, 0.5) is 17.6 Å². The highest BCUT2D eigenvalue weighted by molar-refractivity contribution is 6.00. The Bertz CT molecular complexity index is 650. The monoisotopic (exact) mass is 298 g/mol. The number of Topliss-reactive ketones (excluding diaryl/α,β-unsaturated/α-hetero) is 1. The van der Waals surface area contributed by atoms with Gasteiger partial charge in [0.15, 0.2) is 5.78 Å². The first-order valence-electron chi connectivity index (χ1n) is 5.98. The molecule has 110 valence electrons. The summed E-state index contributed by atoms with van der Waals surface area (Å²) in [6.07, 6.45) is -5.24. The van der Waals surface area contributed by atoms with Crippen LogP contribution in [-0.2, 0) is 6.42 Å². The van der Waals surface area contributed by atoms with Crippen LogP contribution in [0, 0.1) is 5.82 Å².